The van der Waals surface area contributed by atoms with E-state index in [0.717, 1.165) is 0 Å². The number of imidazole rings is 1. The molecule has 4 atom stereocenters. The number of rotatable bonds is 9. The maximum atomic E-state index is 16.5. The van der Waals surface area contributed by atoms with Crippen molar-refractivity contribution in [2.45, 2.75) is 116 Å². The highest BCUT2D eigenvalue weighted by Gasteiger charge is 2.52. The number of anilines is 2. The van der Waals surface area contributed by atoms with Crippen LogP contribution < -0.4 is 10.6 Å². The van der Waals surface area contributed by atoms with Crippen LogP contribution in [0.4, 0.5) is 16.2 Å². The number of hydrogen-bond donors (Lipinski definition) is 2. The Morgan fingerprint density at radius 3 is 2.23 bits per heavy atom. The van der Waals surface area contributed by atoms with E-state index in [-0.39, 0.29) is 34.5 Å². The summed E-state index contributed by atoms with van der Waals surface area (Å²) in [4.78, 5) is 25.8. The fraction of sp³-hybridized carbons (Fsp3) is 0.778. The normalized spacial score (nSPS) is 22.8. The molecular formula is C27H49FN6O4Si2. The number of amides is 1. The molecule has 1 aliphatic heterocycles. The van der Waals surface area contributed by atoms with E-state index in [9.17, 15) is 4.79 Å². The Balaban J connectivity index is 2.03. The van der Waals surface area contributed by atoms with Crippen molar-refractivity contribution in [3.8, 4) is 0 Å². The molecule has 3 rings (SSSR count). The minimum absolute atomic E-state index is 0.00620. The number of fused-ring (bicyclic) bond motifs is 1. The number of aromatic nitrogens is 4. The van der Waals surface area contributed by atoms with Gasteiger partial charge in [0.25, 0.3) is 0 Å². The molecule has 3 heterocycles. The zero-order valence-electron chi connectivity index (χ0n) is 26.5. The standard InChI is InChI=1S/C27H49FN6O4Si2/c1-16(2)23(35)33-25-31-21(29-9)19-22(32-25)34(15-30-19)24-18(28)20(38-40(12,13)27(6,7)8)17(37-24)14-36-39(10,11)26(3,4)5/h15-18,20,24H,14H2,1-13H3,(H2,29,31,32,33,35)/t17-,18-,20?,24-/m1/s1. The summed E-state index contributed by atoms with van der Waals surface area (Å²) in [6.07, 6.45) is -2.47. The second kappa shape index (κ2) is 11.4. The van der Waals surface area contributed by atoms with Crippen molar-refractivity contribution in [2.75, 3.05) is 24.3 Å². The number of hydrogen-bond acceptors (Lipinski definition) is 8. The van der Waals surface area contributed by atoms with Gasteiger partial charge in [-0.3, -0.25) is 14.7 Å². The molecule has 2 N–H and O–H groups in total. The van der Waals surface area contributed by atoms with Crippen LogP contribution in [0.2, 0.25) is 36.3 Å². The summed E-state index contributed by atoms with van der Waals surface area (Å²) >= 11 is 0. The highest BCUT2D eigenvalue weighted by molar-refractivity contribution is 6.74. The van der Waals surface area contributed by atoms with Crippen molar-refractivity contribution < 1.29 is 22.8 Å². The third kappa shape index (κ3) is 6.58. The fourth-order valence-corrected chi connectivity index (χ4v) is 6.13. The molecule has 1 aliphatic rings. The van der Waals surface area contributed by atoms with Gasteiger partial charge in [-0.05, 0) is 36.3 Å². The lowest BCUT2D eigenvalue weighted by Crippen LogP contribution is -2.50. The van der Waals surface area contributed by atoms with Gasteiger partial charge in [0.1, 0.15) is 12.2 Å². The van der Waals surface area contributed by atoms with E-state index < -0.39 is 41.2 Å². The Bertz CT molecular complexity index is 1210. The number of nitrogens with one attached hydrogen (secondary N) is 2. The van der Waals surface area contributed by atoms with E-state index in [1.54, 1.807) is 25.5 Å². The van der Waals surface area contributed by atoms with Gasteiger partial charge in [0.2, 0.25) is 11.9 Å². The fourth-order valence-electron chi connectivity index (χ4n) is 3.80. The number of ether oxygens (including phenoxy) is 1. The van der Waals surface area contributed by atoms with E-state index in [4.69, 9.17) is 13.6 Å². The van der Waals surface area contributed by atoms with Crippen molar-refractivity contribution >= 4 is 45.5 Å². The predicted molar refractivity (Wildman–Crippen MR) is 162 cm³/mol. The average Bonchev–Trinajstić information content (AvgIpc) is 3.36. The van der Waals surface area contributed by atoms with E-state index in [2.05, 4.69) is 93.3 Å². The SMILES string of the molecule is CNc1nc(NC(=O)C(C)C)nc2c1ncn2[C@@H]1O[C@H](CO[Si](C)(C)C(C)(C)C)C(O[Si](C)(C)C(C)(C)C)[C@H]1F. The molecule has 0 bridgehead atoms. The van der Waals surface area contributed by atoms with Crippen LogP contribution in [0.5, 0.6) is 0 Å². The Labute approximate surface area is 240 Å². The van der Waals surface area contributed by atoms with Crippen LogP contribution in [-0.2, 0) is 18.4 Å². The maximum absolute atomic E-state index is 16.5. The van der Waals surface area contributed by atoms with Gasteiger partial charge in [0, 0.05) is 13.0 Å². The molecular weight excluding hydrogens is 548 g/mol. The van der Waals surface area contributed by atoms with E-state index in [1.165, 1.54) is 6.33 Å². The van der Waals surface area contributed by atoms with Gasteiger partial charge in [-0.15, -0.1) is 0 Å². The summed E-state index contributed by atoms with van der Waals surface area (Å²) in [5.41, 5.74) is 0.798. The minimum atomic E-state index is -2.36. The summed E-state index contributed by atoms with van der Waals surface area (Å²) in [6.45, 7) is 25.3. The quantitative estimate of drug-likeness (QED) is 0.334. The lowest BCUT2D eigenvalue weighted by molar-refractivity contribution is -0.118. The molecule has 0 aliphatic carbocycles. The predicted octanol–water partition coefficient (Wildman–Crippen LogP) is 6.11. The zero-order chi connectivity index (χ0) is 30.4. The molecule has 226 valence electrons. The molecule has 0 aromatic carbocycles. The molecule has 2 aromatic heterocycles. The first-order valence-corrected chi connectivity index (χ1v) is 19.9. The Hall–Kier alpha value is -1.94. The topological polar surface area (TPSA) is 112 Å². The maximum Gasteiger partial charge on any atom is 0.233 e. The summed E-state index contributed by atoms with van der Waals surface area (Å²) < 4.78 is 37.7. The van der Waals surface area contributed by atoms with Crippen molar-refractivity contribution in [1.82, 2.24) is 19.5 Å². The zero-order valence-corrected chi connectivity index (χ0v) is 28.5. The molecule has 40 heavy (non-hydrogen) atoms. The van der Waals surface area contributed by atoms with Crippen LogP contribution >= 0.6 is 0 Å². The Morgan fingerprint density at radius 1 is 1.10 bits per heavy atom. The van der Waals surface area contributed by atoms with Crippen LogP contribution in [0.25, 0.3) is 11.2 Å². The summed E-state index contributed by atoms with van der Waals surface area (Å²) in [6, 6.07) is 0. The molecule has 2 aromatic rings. The monoisotopic (exact) mass is 596 g/mol. The first-order chi connectivity index (χ1) is 18.2. The first-order valence-electron chi connectivity index (χ1n) is 14.0. The third-order valence-corrected chi connectivity index (χ3v) is 17.6. The minimum Gasteiger partial charge on any atom is -0.414 e. The summed E-state index contributed by atoms with van der Waals surface area (Å²) in [7, 11) is -2.78. The molecule has 0 spiro atoms. The van der Waals surface area contributed by atoms with Crippen molar-refractivity contribution in [3.63, 3.8) is 0 Å². The van der Waals surface area contributed by atoms with Gasteiger partial charge in [-0.25, -0.2) is 9.37 Å². The van der Waals surface area contributed by atoms with Crippen molar-refractivity contribution in [1.29, 1.82) is 0 Å². The lowest BCUT2D eigenvalue weighted by Gasteiger charge is -2.40. The second-order valence-corrected chi connectivity index (χ2v) is 23.6. The Kier molecular flexibility index (Phi) is 9.27. The molecule has 1 fully saturated rings. The number of halogens is 1. The highest BCUT2D eigenvalue weighted by atomic mass is 28.4. The third-order valence-electron chi connectivity index (χ3n) is 8.61. The lowest BCUT2D eigenvalue weighted by atomic mass is 10.1. The van der Waals surface area contributed by atoms with Gasteiger partial charge < -0.3 is 18.9 Å². The van der Waals surface area contributed by atoms with E-state index in [1.807, 2.05) is 0 Å². The van der Waals surface area contributed by atoms with Crippen LogP contribution in [0.3, 0.4) is 0 Å². The number of carbonyl (C=O) groups is 1. The van der Waals surface area contributed by atoms with Crippen LogP contribution in [0.15, 0.2) is 6.33 Å². The Morgan fingerprint density at radius 2 is 1.70 bits per heavy atom. The molecule has 1 saturated heterocycles. The van der Waals surface area contributed by atoms with Crippen LogP contribution in [-0.4, -0.2) is 74.1 Å². The van der Waals surface area contributed by atoms with Crippen molar-refractivity contribution in [2.24, 2.45) is 5.92 Å². The highest BCUT2D eigenvalue weighted by Crippen LogP contribution is 2.44. The molecule has 13 heteroatoms. The average molecular weight is 597 g/mol. The van der Waals surface area contributed by atoms with Gasteiger partial charge in [-0.1, -0.05) is 55.4 Å². The van der Waals surface area contributed by atoms with Gasteiger partial charge in [-0.2, -0.15) is 9.97 Å². The van der Waals surface area contributed by atoms with E-state index >= 15 is 4.39 Å². The largest absolute Gasteiger partial charge is 0.414 e. The van der Waals surface area contributed by atoms with Crippen LogP contribution in [0.1, 0.15) is 61.6 Å². The number of nitrogens with zero attached hydrogens (tertiary/aromatic N) is 4. The van der Waals surface area contributed by atoms with Crippen LogP contribution in [0, 0.1) is 5.92 Å². The van der Waals surface area contributed by atoms with E-state index in [0.29, 0.717) is 17.0 Å². The first kappa shape index (κ1) is 32.6. The molecule has 1 unspecified atom stereocenters. The van der Waals surface area contributed by atoms with Gasteiger partial charge >= 0.3 is 0 Å². The van der Waals surface area contributed by atoms with Gasteiger partial charge in [0.05, 0.1) is 12.9 Å². The number of alkyl halides is 1. The molecule has 1 amide bonds. The summed E-state index contributed by atoms with van der Waals surface area (Å²) in [5, 5.41) is 5.61. The molecule has 0 saturated carbocycles. The van der Waals surface area contributed by atoms with Gasteiger partial charge in [0.15, 0.2) is 46.0 Å². The number of carbonyl (C=O) groups excluding carboxylic acids is 1. The van der Waals surface area contributed by atoms with Crippen molar-refractivity contribution in [3.05, 3.63) is 6.33 Å². The smallest absolute Gasteiger partial charge is 0.233 e. The molecule has 0 radical (unpaired) electrons. The second-order valence-electron chi connectivity index (χ2n) is 14.0. The summed E-state index contributed by atoms with van der Waals surface area (Å²) in [5.74, 6) is 0.0462. The molecule has 10 nitrogen and oxygen atoms in total.